The van der Waals surface area contributed by atoms with Crippen molar-refractivity contribution < 1.29 is 43.4 Å². The topological polar surface area (TPSA) is 201 Å². The second-order valence-electron chi connectivity index (χ2n) is 15.4. The third-order valence-corrected chi connectivity index (χ3v) is 9.85. The zero-order valence-corrected chi connectivity index (χ0v) is 37.2. The van der Waals surface area contributed by atoms with Gasteiger partial charge in [0.1, 0.15) is 25.5 Å². The fraction of sp³-hybridized carbons (Fsp3) is 0.867. The van der Waals surface area contributed by atoms with E-state index < -0.39 is 6.04 Å². The monoisotopic (exact) mass is 842 g/mol. The number of hydrogen-bond donors (Lipinski definition) is 6. The van der Waals surface area contributed by atoms with Crippen LogP contribution in [0.1, 0.15) is 186 Å². The number of aldehydes is 3. The molecule has 0 aromatic carbocycles. The van der Waals surface area contributed by atoms with Gasteiger partial charge in [0.25, 0.3) is 0 Å². The van der Waals surface area contributed by atoms with E-state index >= 15 is 0 Å². The number of hydrogen-bond acceptors (Lipinski definition) is 11. The van der Waals surface area contributed by atoms with Gasteiger partial charge in [-0.3, -0.25) is 14.4 Å². The van der Waals surface area contributed by atoms with Crippen LogP contribution < -0.4 is 26.7 Å². The molecule has 1 atom stereocenters. The Morgan fingerprint density at radius 1 is 0.475 bits per heavy atom. The van der Waals surface area contributed by atoms with Crippen LogP contribution in [-0.4, -0.2) is 107 Å². The van der Waals surface area contributed by atoms with E-state index in [9.17, 15) is 28.8 Å². The summed E-state index contributed by atoms with van der Waals surface area (Å²) in [6, 6.07) is -0.521. The maximum atomic E-state index is 11.9. The highest BCUT2D eigenvalue weighted by Crippen LogP contribution is 2.14. The number of rotatable bonds is 46. The van der Waals surface area contributed by atoms with Crippen LogP contribution in [0, 0.1) is 0 Å². The maximum Gasteiger partial charge on any atom is 0.245 e. The average molecular weight is 842 g/mol. The lowest BCUT2D eigenvalue weighted by molar-refractivity contribution is -0.126. The van der Waals surface area contributed by atoms with Gasteiger partial charge >= 0.3 is 0 Å². The van der Waals surface area contributed by atoms with Crippen molar-refractivity contribution >= 4 is 36.6 Å². The van der Waals surface area contributed by atoms with Crippen LogP contribution in [0.5, 0.6) is 0 Å². The van der Waals surface area contributed by atoms with Crippen molar-refractivity contribution in [3.8, 4) is 0 Å². The molecule has 0 saturated carbocycles. The maximum absolute atomic E-state index is 11.9. The van der Waals surface area contributed by atoms with E-state index in [1.807, 2.05) is 12.5 Å². The molecular formula is C45H87N5O9. The molecule has 59 heavy (non-hydrogen) atoms. The highest BCUT2D eigenvalue weighted by Gasteiger charge is 2.06. The predicted octanol–water partition coefficient (Wildman–Crippen LogP) is 6.83. The number of carbonyl (C=O) groups excluding carboxylic acids is 6. The first-order valence-electron chi connectivity index (χ1n) is 23.3. The summed E-state index contributed by atoms with van der Waals surface area (Å²) >= 11 is 0. The number of ether oxygens (including phenoxy) is 2. The second kappa shape index (κ2) is 51.4. The molecule has 0 saturated heterocycles. The van der Waals surface area contributed by atoms with Gasteiger partial charge in [0.2, 0.25) is 17.7 Å². The van der Waals surface area contributed by atoms with Gasteiger partial charge in [-0.05, 0) is 84.2 Å². The molecule has 0 spiro atoms. The van der Waals surface area contributed by atoms with Crippen LogP contribution in [0.4, 0.5) is 0 Å². The van der Waals surface area contributed by atoms with E-state index in [0.29, 0.717) is 77.8 Å². The molecule has 0 aliphatic carbocycles. The highest BCUT2D eigenvalue weighted by molar-refractivity contribution is 5.77. The van der Waals surface area contributed by atoms with Gasteiger partial charge in [0.15, 0.2) is 0 Å². The van der Waals surface area contributed by atoms with Gasteiger partial charge in [-0.25, -0.2) is 0 Å². The quantitative estimate of drug-likeness (QED) is 0.0213. The fourth-order valence-electron chi connectivity index (χ4n) is 6.22. The Morgan fingerprint density at radius 2 is 0.915 bits per heavy atom. The van der Waals surface area contributed by atoms with Crippen molar-refractivity contribution in [2.45, 2.75) is 192 Å². The smallest absolute Gasteiger partial charge is 0.245 e. The van der Waals surface area contributed by atoms with E-state index in [4.69, 9.17) is 14.7 Å². The van der Waals surface area contributed by atoms with Crippen molar-refractivity contribution in [1.29, 1.82) is 0 Å². The van der Waals surface area contributed by atoms with Crippen molar-refractivity contribution in [2.24, 2.45) is 0 Å². The molecule has 3 amide bonds. The molecule has 0 bridgehead atoms. The molecule has 0 aliphatic rings. The zero-order chi connectivity index (χ0) is 43.5. The molecule has 346 valence electrons. The summed E-state index contributed by atoms with van der Waals surface area (Å²) in [4.78, 5) is 66.1. The fourth-order valence-corrected chi connectivity index (χ4v) is 6.22. The van der Waals surface area contributed by atoms with Crippen molar-refractivity contribution in [1.82, 2.24) is 26.7 Å². The molecule has 14 heteroatoms. The lowest BCUT2D eigenvalue weighted by Crippen LogP contribution is -2.30. The molecule has 0 aromatic heterocycles. The molecule has 14 nitrogen and oxygen atoms in total. The van der Waals surface area contributed by atoms with Crippen LogP contribution in [-0.2, 0) is 38.2 Å². The Labute approximate surface area is 357 Å². The lowest BCUT2D eigenvalue weighted by Gasteiger charge is -2.08. The molecule has 0 fully saturated rings. The first kappa shape index (κ1) is 58.3. The number of amides is 3. The SMILES string of the molecule is CNCCCCCOCC(=O)NCCCCC(C=O)NO.O=CCCCCCCCCCCCCCCCCCCC(=O)NCCCC(=O)NCCOCCCCC=O. The summed E-state index contributed by atoms with van der Waals surface area (Å²) in [5, 5.41) is 20.2. The van der Waals surface area contributed by atoms with Gasteiger partial charge in [0, 0.05) is 58.5 Å². The van der Waals surface area contributed by atoms with Crippen LogP contribution in [0.15, 0.2) is 0 Å². The Bertz CT molecular complexity index is 961. The molecule has 6 N–H and O–H groups in total. The Kier molecular flexibility index (Phi) is 50.8. The molecule has 0 aromatic rings. The Morgan fingerprint density at radius 3 is 1.47 bits per heavy atom. The van der Waals surface area contributed by atoms with Crippen LogP contribution in [0.2, 0.25) is 0 Å². The van der Waals surface area contributed by atoms with E-state index in [0.717, 1.165) is 89.7 Å². The molecule has 0 aliphatic heterocycles. The van der Waals surface area contributed by atoms with Gasteiger partial charge in [0.05, 0.1) is 12.6 Å². The lowest BCUT2D eigenvalue weighted by atomic mass is 10.0. The summed E-state index contributed by atoms with van der Waals surface area (Å²) in [6.45, 7) is 4.41. The standard InChI is InChI=1S/C31H58N2O5.C14H29N3O4/c34-26-18-15-13-11-9-7-5-3-1-2-4-6-8-10-12-14-17-22-30(36)32-24-21-23-31(37)33-25-29-38-28-20-16-19-27-35;1-15-8-4-2-6-10-21-12-14(19)16-9-5-3-7-13(11-18)17-20/h26-27H,1-25,28-29H2,(H,32,36)(H,33,37);11,13,15,17,20H,2-10,12H2,1H3,(H,16,19). The van der Waals surface area contributed by atoms with Gasteiger partial charge in [-0.2, -0.15) is 5.48 Å². The summed E-state index contributed by atoms with van der Waals surface area (Å²) in [6.07, 6.45) is 32.7. The molecule has 0 radical (unpaired) electrons. The number of carbonyl (C=O) groups is 6. The van der Waals surface area contributed by atoms with E-state index in [1.54, 1.807) is 0 Å². The van der Waals surface area contributed by atoms with E-state index in [1.165, 1.54) is 83.5 Å². The summed E-state index contributed by atoms with van der Waals surface area (Å²) < 4.78 is 10.7. The summed E-state index contributed by atoms with van der Waals surface area (Å²) in [7, 11) is 1.93. The normalized spacial score (nSPS) is 11.3. The van der Waals surface area contributed by atoms with Gasteiger partial charge in [-0.1, -0.05) is 89.9 Å². The van der Waals surface area contributed by atoms with Gasteiger partial charge in [-0.15, -0.1) is 0 Å². The van der Waals surface area contributed by atoms with Crippen LogP contribution in [0.25, 0.3) is 0 Å². The summed E-state index contributed by atoms with van der Waals surface area (Å²) in [5.41, 5.74) is 1.92. The van der Waals surface area contributed by atoms with Crippen LogP contribution >= 0.6 is 0 Å². The first-order valence-corrected chi connectivity index (χ1v) is 23.3. The second-order valence-corrected chi connectivity index (χ2v) is 15.4. The van der Waals surface area contributed by atoms with Crippen LogP contribution in [0.3, 0.4) is 0 Å². The highest BCUT2D eigenvalue weighted by atomic mass is 16.5. The predicted molar refractivity (Wildman–Crippen MR) is 235 cm³/mol. The average Bonchev–Trinajstić information content (AvgIpc) is 3.24. The van der Waals surface area contributed by atoms with Crippen molar-refractivity contribution in [3.05, 3.63) is 0 Å². The number of nitrogens with one attached hydrogen (secondary N) is 5. The van der Waals surface area contributed by atoms with E-state index in [2.05, 4.69) is 21.3 Å². The zero-order valence-electron chi connectivity index (χ0n) is 37.2. The Balaban J connectivity index is 0. The van der Waals surface area contributed by atoms with E-state index in [-0.39, 0.29) is 24.3 Å². The third kappa shape index (κ3) is 51.3. The third-order valence-electron chi connectivity index (χ3n) is 9.85. The molecule has 0 rings (SSSR count). The number of unbranched alkanes of at least 4 members (excludes halogenated alkanes) is 21. The van der Waals surface area contributed by atoms with Crippen molar-refractivity contribution in [2.75, 3.05) is 59.7 Å². The summed E-state index contributed by atoms with van der Waals surface area (Å²) in [5.74, 6) is -0.0396. The minimum Gasteiger partial charge on any atom is -0.380 e. The minimum absolute atomic E-state index is 0.0153. The van der Waals surface area contributed by atoms with Crippen molar-refractivity contribution in [3.63, 3.8) is 0 Å². The molecular weight excluding hydrogens is 755 g/mol. The molecule has 0 heterocycles. The molecule has 1 unspecified atom stereocenters. The van der Waals surface area contributed by atoms with Gasteiger partial charge < -0.3 is 50.3 Å². The largest absolute Gasteiger partial charge is 0.380 e. The first-order chi connectivity index (χ1) is 28.9. The minimum atomic E-state index is -0.521. The number of hydroxylamine groups is 1. The Hall–Kier alpha value is -2.78.